The molecule has 0 aliphatic rings. The van der Waals surface area contributed by atoms with Crippen molar-refractivity contribution in [3.05, 3.63) is 62.6 Å². The van der Waals surface area contributed by atoms with Gasteiger partial charge in [0, 0.05) is 15.4 Å². The summed E-state index contributed by atoms with van der Waals surface area (Å²) in [7, 11) is 1.67. The summed E-state index contributed by atoms with van der Waals surface area (Å²) in [6, 6.07) is 12.3. The number of halogens is 3. The average molecular weight is 419 g/mol. The Balaban J connectivity index is 2.28. The van der Waals surface area contributed by atoms with Crippen molar-refractivity contribution in [2.45, 2.75) is 18.2 Å². The second kappa shape index (κ2) is 6.97. The fourth-order valence-electron chi connectivity index (χ4n) is 2.07. The minimum Gasteiger partial charge on any atom is -0.495 e. The maximum atomic E-state index is 6.14. The van der Waals surface area contributed by atoms with E-state index in [0.717, 1.165) is 22.2 Å². The predicted octanol–water partition coefficient (Wildman–Crippen LogP) is 6.10. The average Bonchev–Trinajstić information content (AvgIpc) is 2.40. The van der Waals surface area contributed by atoms with Crippen LogP contribution < -0.4 is 4.74 Å². The van der Waals surface area contributed by atoms with E-state index in [1.165, 1.54) is 11.1 Å². The van der Waals surface area contributed by atoms with E-state index in [4.69, 9.17) is 16.3 Å². The third-order valence-electron chi connectivity index (χ3n) is 3.11. The Kier molecular flexibility index (Phi) is 5.53. The van der Waals surface area contributed by atoms with E-state index in [-0.39, 0.29) is 4.83 Å². The van der Waals surface area contributed by atoms with Crippen molar-refractivity contribution < 1.29 is 4.74 Å². The van der Waals surface area contributed by atoms with E-state index >= 15 is 0 Å². The van der Waals surface area contributed by atoms with Gasteiger partial charge in [0.1, 0.15) is 5.75 Å². The van der Waals surface area contributed by atoms with Gasteiger partial charge in [-0.1, -0.05) is 57.4 Å². The van der Waals surface area contributed by atoms with E-state index in [1.807, 2.05) is 12.1 Å². The van der Waals surface area contributed by atoms with Crippen molar-refractivity contribution in [1.29, 1.82) is 0 Å². The minimum absolute atomic E-state index is 0.148. The number of alkyl halides is 1. The molecule has 2 aromatic carbocycles. The van der Waals surface area contributed by atoms with Crippen LogP contribution in [0.25, 0.3) is 0 Å². The van der Waals surface area contributed by atoms with Gasteiger partial charge >= 0.3 is 0 Å². The standard InChI is InChI=1S/C16H15Br2ClO/c1-10-3-5-11(6-4-10)7-14(17)13-8-12(19)9-15(18)16(13)20-2/h3-6,8-9,14H,7H2,1-2H3. The first kappa shape index (κ1) is 15.9. The molecule has 0 saturated heterocycles. The Bertz CT molecular complexity index is 596. The molecule has 0 heterocycles. The van der Waals surface area contributed by atoms with Crippen molar-refractivity contribution >= 4 is 43.5 Å². The first-order valence-corrected chi connectivity index (χ1v) is 8.32. The van der Waals surface area contributed by atoms with Gasteiger partial charge in [-0.2, -0.15) is 0 Å². The number of benzene rings is 2. The molecule has 0 fully saturated rings. The van der Waals surface area contributed by atoms with Crippen molar-refractivity contribution in [3.8, 4) is 5.75 Å². The highest BCUT2D eigenvalue weighted by molar-refractivity contribution is 9.10. The van der Waals surface area contributed by atoms with E-state index in [1.54, 1.807) is 7.11 Å². The highest BCUT2D eigenvalue weighted by Gasteiger charge is 2.17. The van der Waals surface area contributed by atoms with Crippen LogP contribution in [0, 0.1) is 6.92 Å². The Morgan fingerprint density at radius 1 is 1.20 bits per heavy atom. The number of hydrogen-bond acceptors (Lipinski definition) is 1. The van der Waals surface area contributed by atoms with Gasteiger partial charge in [0.15, 0.2) is 0 Å². The molecule has 106 valence electrons. The first-order valence-electron chi connectivity index (χ1n) is 6.24. The molecular weight excluding hydrogens is 403 g/mol. The summed E-state index contributed by atoms with van der Waals surface area (Å²) in [5, 5.41) is 0.695. The lowest BCUT2D eigenvalue weighted by Gasteiger charge is -2.16. The number of ether oxygens (including phenoxy) is 1. The first-order chi connectivity index (χ1) is 9.51. The lowest BCUT2D eigenvalue weighted by atomic mass is 10.0. The Labute approximate surface area is 141 Å². The monoisotopic (exact) mass is 416 g/mol. The minimum atomic E-state index is 0.148. The number of hydrogen-bond donors (Lipinski definition) is 0. The van der Waals surface area contributed by atoms with Crippen molar-refractivity contribution in [2.24, 2.45) is 0 Å². The zero-order chi connectivity index (χ0) is 14.7. The van der Waals surface area contributed by atoms with Crippen LogP contribution in [0.1, 0.15) is 21.5 Å². The summed E-state index contributed by atoms with van der Waals surface area (Å²) in [4.78, 5) is 0.148. The second-order valence-electron chi connectivity index (χ2n) is 4.67. The van der Waals surface area contributed by atoms with Crippen LogP contribution in [0.3, 0.4) is 0 Å². The Hall–Kier alpha value is -0.510. The van der Waals surface area contributed by atoms with E-state index in [0.29, 0.717) is 5.02 Å². The van der Waals surface area contributed by atoms with Gasteiger partial charge in [0.2, 0.25) is 0 Å². The summed E-state index contributed by atoms with van der Waals surface area (Å²) in [6.07, 6.45) is 0.878. The molecule has 0 bridgehead atoms. The van der Waals surface area contributed by atoms with Gasteiger partial charge in [-0.25, -0.2) is 0 Å². The Morgan fingerprint density at radius 2 is 1.85 bits per heavy atom. The molecule has 0 N–H and O–H groups in total. The zero-order valence-corrected chi connectivity index (χ0v) is 15.2. The third kappa shape index (κ3) is 3.78. The van der Waals surface area contributed by atoms with Crippen molar-refractivity contribution in [2.75, 3.05) is 7.11 Å². The van der Waals surface area contributed by atoms with Gasteiger partial charge in [0.05, 0.1) is 11.6 Å². The van der Waals surface area contributed by atoms with Crippen LogP contribution in [0.5, 0.6) is 5.75 Å². The summed E-state index contributed by atoms with van der Waals surface area (Å²) < 4.78 is 6.34. The molecule has 0 saturated carbocycles. The zero-order valence-electron chi connectivity index (χ0n) is 11.3. The van der Waals surface area contributed by atoms with Gasteiger partial charge < -0.3 is 4.74 Å². The van der Waals surface area contributed by atoms with E-state index < -0.39 is 0 Å². The molecule has 0 aliphatic heterocycles. The van der Waals surface area contributed by atoms with E-state index in [9.17, 15) is 0 Å². The molecule has 1 nitrogen and oxygen atoms in total. The molecule has 2 rings (SSSR count). The van der Waals surface area contributed by atoms with Crippen molar-refractivity contribution in [3.63, 3.8) is 0 Å². The number of methoxy groups -OCH3 is 1. The normalized spacial score (nSPS) is 12.2. The van der Waals surface area contributed by atoms with Gasteiger partial charge in [-0.05, 0) is 47.0 Å². The molecule has 0 amide bonds. The topological polar surface area (TPSA) is 9.23 Å². The van der Waals surface area contributed by atoms with Crippen LogP contribution in [0.2, 0.25) is 5.02 Å². The van der Waals surface area contributed by atoms with Gasteiger partial charge in [0.25, 0.3) is 0 Å². The number of aryl methyl sites for hydroxylation is 1. The van der Waals surface area contributed by atoms with Crippen LogP contribution in [-0.2, 0) is 6.42 Å². The second-order valence-corrected chi connectivity index (χ2v) is 7.06. The summed E-state index contributed by atoms with van der Waals surface area (Å²) in [5.74, 6) is 0.823. The largest absolute Gasteiger partial charge is 0.495 e. The van der Waals surface area contributed by atoms with Gasteiger partial charge in [-0.3, -0.25) is 0 Å². The van der Waals surface area contributed by atoms with Crippen LogP contribution in [0.4, 0.5) is 0 Å². The molecule has 2 aromatic rings. The molecule has 1 unspecified atom stereocenters. The van der Waals surface area contributed by atoms with Crippen molar-refractivity contribution in [1.82, 2.24) is 0 Å². The maximum Gasteiger partial charge on any atom is 0.137 e. The molecular formula is C16H15Br2ClO. The summed E-state index contributed by atoms with van der Waals surface area (Å²) in [6.45, 7) is 2.09. The maximum absolute atomic E-state index is 6.14. The molecule has 0 radical (unpaired) electrons. The smallest absolute Gasteiger partial charge is 0.137 e. The summed E-state index contributed by atoms with van der Waals surface area (Å²) >= 11 is 13.4. The molecule has 1 atom stereocenters. The highest BCUT2D eigenvalue weighted by Crippen LogP contribution is 2.40. The molecule has 0 spiro atoms. The fourth-order valence-corrected chi connectivity index (χ4v) is 3.78. The van der Waals surface area contributed by atoms with E-state index in [2.05, 4.69) is 63.0 Å². The quantitative estimate of drug-likeness (QED) is 0.545. The molecule has 20 heavy (non-hydrogen) atoms. The van der Waals surface area contributed by atoms with Gasteiger partial charge in [-0.15, -0.1) is 0 Å². The van der Waals surface area contributed by atoms with Crippen LogP contribution in [0.15, 0.2) is 40.9 Å². The molecule has 0 aliphatic carbocycles. The van der Waals surface area contributed by atoms with Crippen LogP contribution >= 0.6 is 43.5 Å². The SMILES string of the molecule is COc1c(Br)cc(Cl)cc1C(Br)Cc1ccc(C)cc1. The summed E-state index contributed by atoms with van der Waals surface area (Å²) in [5.41, 5.74) is 3.59. The lowest BCUT2D eigenvalue weighted by molar-refractivity contribution is 0.407. The lowest BCUT2D eigenvalue weighted by Crippen LogP contribution is -2.00. The predicted molar refractivity (Wildman–Crippen MR) is 92.3 cm³/mol. The molecule has 0 aromatic heterocycles. The highest BCUT2D eigenvalue weighted by atomic mass is 79.9. The third-order valence-corrected chi connectivity index (χ3v) is 4.74. The molecule has 4 heteroatoms. The Morgan fingerprint density at radius 3 is 2.45 bits per heavy atom. The fraction of sp³-hybridized carbons (Fsp3) is 0.250. The van der Waals surface area contributed by atoms with Crippen LogP contribution in [-0.4, -0.2) is 7.11 Å². The number of rotatable bonds is 4.